The molecule has 2 amide bonds. The van der Waals surface area contributed by atoms with E-state index in [0.29, 0.717) is 12.1 Å². The third-order valence-electron chi connectivity index (χ3n) is 5.54. The van der Waals surface area contributed by atoms with Crippen molar-refractivity contribution < 1.29 is 14.5 Å². The van der Waals surface area contributed by atoms with Crippen LogP contribution >= 0.6 is 0 Å². The van der Waals surface area contributed by atoms with Crippen molar-refractivity contribution in [1.29, 1.82) is 0 Å². The van der Waals surface area contributed by atoms with E-state index in [9.17, 15) is 19.7 Å². The van der Waals surface area contributed by atoms with Crippen LogP contribution in [0.2, 0.25) is 0 Å². The number of nitrogens with zero attached hydrogens (tertiary/aromatic N) is 2. The van der Waals surface area contributed by atoms with Gasteiger partial charge >= 0.3 is 0 Å². The molecule has 1 fully saturated rings. The largest absolute Gasteiger partial charge is 0.393 e. The topological polar surface area (TPSA) is 131 Å². The van der Waals surface area contributed by atoms with Crippen molar-refractivity contribution in [2.75, 3.05) is 29.0 Å². The Labute approximate surface area is 187 Å². The number of nitrogens with two attached hydrogens (primary N) is 1. The van der Waals surface area contributed by atoms with Gasteiger partial charge in [-0.25, -0.2) is 0 Å². The first kappa shape index (κ1) is 23.1. The van der Waals surface area contributed by atoms with Crippen LogP contribution in [0.5, 0.6) is 0 Å². The van der Waals surface area contributed by atoms with Gasteiger partial charge in [-0.2, -0.15) is 0 Å². The zero-order chi connectivity index (χ0) is 23.1. The highest BCUT2D eigenvalue weighted by molar-refractivity contribution is 6.01. The standard InChI is InChI=1S/C23H29N5O4/c1-2-3-9-20(26-22(29)16-10-11-19(24)21(14-16)28(31)32)23(30)25-17-7-6-8-18(15-17)27-12-4-5-13-27/h6-8,10-11,14-15,20H,2-5,9,12-13,24H2,1H3,(H,25,30)(H,26,29). The molecule has 1 atom stereocenters. The molecule has 0 radical (unpaired) electrons. The molecule has 2 aromatic rings. The van der Waals surface area contributed by atoms with Crippen molar-refractivity contribution in [2.45, 2.75) is 45.1 Å². The van der Waals surface area contributed by atoms with Gasteiger partial charge < -0.3 is 21.3 Å². The number of carbonyl (C=O) groups is 2. The van der Waals surface area contributed by atoms with Crippen molar-refractivity contribution >= 4 is 34.6 Å². The van der Waals surface area contributed by atoms with Gasteiger partial charge in [0, 0.05) is 36.1 Å². The molecule has 32 heavy (non-hydrogen) atoms. The van der Waals surface area contributed by atoms with Crippen LogP contribution in [0.4, 0.5) is 22.7 Å². The summed E-state index contributed by atoms with van der Waals surface area (Å²) in [5, 5.41) is 16.7. The molecule has 9 heteroatoms. The van der Waals surface area contributed by atoms with E-state index in [1.165, 1.54) is 12.1 Å². The summed E-state index contributed by atoms with van der Waals surface area (Å²) in [7, 11) is 0. The minimum atomic E-state index is -0.769. The molecule has 1 aliphatic heterocycles. The van der Waals surface area contributed by atoms with E-state index >= 15 is 0 Å². The van der Waals surface area contributed by atoms with E-state index < -0.39 is 16.9 Å². The number of hydrogen-bond acceptors (Lipinski definition) is 6. The zero-order valence-corrected chi connectivity index (χ0v) is 18.2. The molecule has 1 unspecified atom stereocenters. The molecule has 0 spiro atoms. The second-order valence-electron chi connectivity index (χ2n) is 7.93. The summed E-state index contributed by atoms with van der Waals surface area (Å²) in [4.78, 5) is 38.5. The van der Waals surface area contributed by atoms with Crippen molar-refractivity contribution in [3.8, 4) is 0 Å². The smallest absolute Gasteiger partial charge is 0.292 e. The minimum absolute atomic E-state index is 0.0234. The van der Waals surface area contributed by atoms with Crippen LogP contribution in [-0.4, -0.2) is 35.9 Å². The Kier molecular flexibility index (Phi) is 7.64. The quantitative estimate of drug-likeness (QED) is 0.310. The first-order chi connectivity index (χ1) is 15.4. The van der Waals surface area contributed by atoms with Gasteiger partial charge in [0.2, 0.25) is 5.91 Å². The Morgan fingerprint density at radius 1 is 1.19 bits per heavy atom. The molecule has 170 valence electrons. The van der Waals surface area contributed by atoms with E-state index in [2.05, 4.69) is 15.5 Å². The molecule has 2 aromatic carbocycles. The first-order valence-electron chi connectivity index (χ1n) is 10.9. The van der Waals surface area contributed by atoms with Gasteiger partial charge in [-0.1, -0.05) is 25.8 Å². The van der Waals surface area contributed by atoms with Gasteiger partial charge in [0.25, 0.3) is 11.6 Å². The highest BCUT2D eigenvalue weighted by Crippen LogP contribution is 2.24. The van der Waals surface area contributed by atoms with Gasteiger partial charge in [-0.15, -0.1) is 0 Å². The van der Waals surface area contributed by atoms with Crippen LogP contribution in [0, 0.1) is 10.1 Å². The molecule has 4 N–H and O–H groups in total. The third kappa shape index (κ3) is 5.75. The van der Waals surface area contributed by atoms with E-state index in [4.69, 9.17) is 5.73 Å². The summed E-state index contributed by atoms with van der Waals surface area (Å²) in [5.74, 6) is -0.884. The number of rotatable bonds is 9. The number of hydrogen-bond donors (Lipinski definition) is 3. The number of unbranched alkanes of at least 4 members (excludes halogenated alkanes) is 1. The highest BCUT2D eigenvalue weighted by Gasteiger charge is 2.23. The number of carbonyl (C=O) groups excluding carboxylic acids is 2. The molecular weight excluding hydrogens is 410 g/mol. The summed E-state index contributed by atoms with van der Waals surface area (Å²) in [6.07, 6.45) is 4.37. The lowest BCUT2D eigenvalue weighted by Gasteiger charge is -2.21. The molecule has 0 aromatic heterocycles. The first-order valence-corrected chi connectivity index (χ1v) is 10.9. The summed E-state index contributed by atoms with van der Waals surface area (Å²) in [6, 6.07) is 10.8. The van der Waals surface area contributed by atoms with Crippen molar-refractivity contribution in [1.82, 2.24) is 5.32 Å². The van der Waals surface area contributed by atoms with E-state index in [-0.39, 0.29) is 22.8 Å². The molecule has 0 saturated carbocycles. The Morgan fingerprint density at radius 3 is 2.62 bits per heavy atom. The zero-order valence-electron chi connectivity index (χ0n) is 18.2. The number of nitro benzene ring substituents is 1. The van der Waals surface area contributed by atoms with Gasteiger partial charge in [0.05, 0.1) is 4.92 Å². The maximum Gasteiger partial charge on any atom is 0.292 e. The average Bonchev–Trinajstić information content (AvgIpc) is 3.31. The number of nitrogen functional groups attached to an aromatic ring is 1. The number of anilines is 3. The van der Waals surface area contributed by atoms with Crippen LogP contribution in [0.1, 0.15) is 49.4 Å². The summed E-state index contributed by atoms with van der Waals surface area (Å²) >= 11 is 0. The molecular formula is C23H29N5O4. The third-order valence-corrected chi connectivity index (χ3v) is 5.54. The van der Waals surface area contributed by atoms with Crippen LogP contribution in [0.15, 0.2) is 42.5 Å². The number of nitro groups is 1. The molecule has 9 nitrogen and oxygen atoms in total. The van der Waals surface area contributed by atoms with E-state index in [1.807, 2.05) is 31.2 Å². The van der Waals surface area contributed by atoms with Gasteiger partial charge in [-0.3, -0.25) is 19.7 Å². The van der Waals surface area contributed by atoms with Crippen molar-refractivity contribution in [3.63, 3.8) is 0 Å². The molecule has 1 aliphatic rings. The predicted molar refractivity (Wildman–Crippen MR) is 125 cm³/mol. The second kappa shape index (κ2) is 10.6. The van der Waals surface area contributed by atoms with E-state index in [0.717, 1.165) is 50.5 Å². The molecule has 1 heterocycles. The Hall–Kier alpha value is -3.62. The number of amides is 2. The lowest BCUT2D eigenvalue weighted by atomic mass is 10.1. The predicted octanol–water partition coefficient (Wildman–Crippen LogP) is 3.70. The van der Waals surface area contributed by atoms with Crippen LogP contribution in [0.25, 0.3) is 0 Å². The minimum Gasteiger partial charge on any atom is -0.393 e. The fourth-order valence-corrected chi connectivity index (χ4v) is 3.75. The second-order valence-corrected chi connectivity index (χ2v) is 7.93. The van der Waals surface area contributed by atoms with Crippen LogP contribution in [0.3, 0.4) is 0 Å². The molecule has 0 aliphatic carbocycles. The highest BCUT2D eigenvalue weighted by atomic mass is 16.6. The Bertz CT molecular complexity index is 988. The van der Waals surface area contributed by atoms with Crippen LogP contribution in [-0.2, 0) is 4.79 Å². The summed E-state index contributed by atoms with van der Waals surface area (Å²) in [5.41, 5.74) is 7.05. The maximum absolute atomic E-state index is 13.0. The van der Waals surface area contributed by atoms with Crippen LogP contribution < -0.4 is 21.3 Å². The lowest BCUT2D eigenvalue weighted by molar-refractivity contribution is -0.383. The van der Waals surface area contributed by atoms with Crippen molar-refractivity contribution in [3.05, 3.63) is 58.1 Å². The monoisotopic (exact) mass is 439 g/mol. The fraction of sp³-hybridized carbons (Fsp3) is 0.391. The normalized spacial score (nSPS) is 14.1. The van der Waals surface area contributed by atoms with Gasteiger partial charge in [0.1, 0.15) is 11.7 Å². The van der Waals surface area contributed by atoms with E-state index in [1.54, 1.807) is 0 Å². The lowest BCUT2D eigenvalue weighted by Crippen LogP contribution is -2.43. The summed E-state index contributed by atoms with van der Waals surface area (Å²) < 4.78 is 0. The molecule has 3 rings (SSSR count). The van der Waals surface area contributed by atoms with Gasteiger partial charge in [0.15, 0.2) is 0 Å². The summed E-state index contributed by atoms with van der Waals surface area (Å²) in [6.45, 7) is 4.00. The van der Waals surface area contributed by atoms with Gasteiger partial charge in [-0.05, 0) is 49.6 Å². The number of benzene rings is 2. The SMILES string of the molecule is CCCCC(NC(=O)c1ccc(N)c([N+](=O)[O-])c1)C(=O)Nc1cccc(N2CCCC2)c1. The number of nitrogens with one attached hydrogen (secondary N) is 2. The average molecular weight is 440 g/mol. The molecule has 0 bridgehead atoms. The van der Waals surface area contributed by atoms with Crippen molar-refractivity contribution in [2.24, 2.45) is 0 Å². The Morgan fingerprint density at radius 2 is 1.94 bits per heavy atom. The molecule has 1 saturated heterocycles. The Balaban J connectivity index is 1.72. The fourth-order valence-electron chi connectivity index (χ4n) is 3.75. The maximum atomic E-state index is 13.0.